The number of carbonyl (C=O) groups is 1. The molecule has 2 heteroatoms. The molecule has 21 heavy (non-hydrogen) atoms. The van der Waals surface area contributed by atoms with Crippen molar-refractivity contribution in [3.8, 4) is 0 Å². The predicted octanol–water partition coefficient (Wildman–Crippen LogP) is 6.34. The van der Waals surface area contributed by atoms with Gasteiger partial charge in [-0.3, -0.25) is 4.79 Å². The topological polar surface area (TPSA) is 17.1 Å². The van der Waals surface area contributed by atoms with E-state index in [0.29, 0.717) is 5.33 Å². The zero-order chi connectivity index (χ0) is 15.3. The molecule has 0 N–H and O–H groups in total. The van der Waals surface area contributed by atoms with Crippen LogP contribution in [0, 0.1) is 0 Å². The van der Waals surface area contributed by atoms with Crippen molar-refractivity contribution in [2.75, 3.05) is 5.33 Å². The Kier molecular flexibility index (Phi) is 10.5. The first-order chi connectivity index (χ1) is 10.3. The Labute approximate surface area is 138 Å². The van der Waals surface area contributed by atoms with Gasteiger partial charge in [0.05, 0.1) is 5.33 Å². The molecule has 0 bridgehead atoms. The fourth-order valence-electron chi connectivity index (χ4n) is 2.57. The van der Waals surface area contributed by atoms with Crippen LogP contribution in [0.3, 0.4) is 0 Å². The van der Waals surface area contributed by atoms with Crippen LogP contribution in [0.5, 0.6) is 0 Å². The van der Waals surface area contributed by atoms with Crippen LogP contribution >= 0.6 is 15.9 Å². The fraction of sp³-hybridized carbons (Fsp3) is 0.632. The number of aryl methyl sites for hydroxylation is 1. The first-order valence-corrected chi connectivity index (χ1v) is 9.58. The zero-order valence-electron chi connectivity index (χ0n) is 13.4. The summed E-state index contributed by atoms with van der Waals surface area (Å²) >= 11 is 3.21. The number of rotatable bonds is 12. The summed E-state index contributed by atoms with van der Waals surface area (Å²) in [6, 6.07) is 8.10. The van der Waals surface area contributed by atoms with Crippen molar-refractivity contribution < 1.29 is 4.79 Å². The highest BCUT2D eigenvalue weighted by atomic mass is 79.9. The summed E-state index contributed by atoms with van der Waals surface area (Å²) in [6.45, 7) is 2.27. The van der Waals surface area contributed by atoms with Crippen LogP contribution in [-0.4, -0.2) is 11.1 Å². The maximum atomic E-state index is 11.5. The van der Waals surface area contributed by atoms with Gasteiger partial charge in [0, 0.05) is 5.56 Å². The van der Waals surface area contributed by atoms with Crippen LogP contribution in [0.4, 0.5) is 0 Å². The molecule has 118 valence electrons. The minimum atomic E-state index is 0.157. The van der Waals surface area contributed by atoms with E-state index in [-0.39, 0.29) is 5.78 Å². The summed E-state index contributed by atoms with van der Waals surface area (Å²) in [7, 11) is 0. The average Bonchev–Trinajstić information content (AvgIpc) is 2.53. The maximum Gasteiger partial charge on any atom is 0.173 e. The van der Waals surface area contributed by atoms with Gasteiger partial charge in [-0.25, -0.2) is 0 Å². The van der Waals surface area contributed by atoms with E-state index >= 15 is 0 Å². The molecule has 0 aliphatic rings. The van der Waals surface area contributed by atoms with Gasteiger partial charge >= 0.3 is 0 Å². The molecule has 0 saturated heterocycles. The zero-order valence-corrected chi connectivity index (χ0v) is 15.0. The van der Waals surface area contributed by atoms with Gasteiger partial charge in [-0.05, 0) is 18.4 Å². The highest BCUT2D eigenvalue weighted by Gasteiger charge is 2.03. The molecule has 0 spiro atoms. The Hall–Kier alpha value is -0.630. The summed E-state index contributed by atoms with van der Waals surface area (Å²) in [4.78, 5) is 11.5. The van der Waals surface area contributed by atoms with Gasteiger partial charge in [0.2, 0.25) is 0 Å². The highest BCUT2D eigenvalue weighted by molar-refractivity contribution is 9.09. The minimum Gasteiger partial charge on any atom is -0.293 e. The normalized spacial score (nSPS) is 10.8. The molecule has 0 atom stereocenters. The Bertz CT molecular complexity index is 383. The first-order valence-electron chi connectivity index (χ1n) is 8.46. The molecule has 0 unspecified atom stereocenters. The number of alkyl halides is 1. The second-order valence-corrected chi connectivity index (χ2v) is 6.39. The Balaban J connectivity index is 2.06. The lowest BCUT2D eigenvalue weighted by molar-refractivity contribution is 0.102. The molecule has 0 amide bonds. The van der Waals surface area contributed by atoms with Crippen LogP contribution in [0.2, 0.25) is 0 Å². The van der Waals surface area contributed by atoms with Crippen LogP contribution in [0.15, 0.2) is 24.3 Å². The number of hydrogen-bond acceptors (Lipinski definition) is 1. The lowest BCUT2D eigenvalue weighted by atomic mass is 10.0. The summed E-state index contributed by atoms with van der Waals surface area (Å²) in [5, 5.41) is 0.407. The van der Waals surface area contributed by atoms with Crippen molar-refractivity contribution in [3.63, 3.8) is 0 Å². The molecule has 1 aromatic carbocycles. The van der Waals surface area contributed by atoms with Crippen LogP contribution in [-0.2, 0) is 6.42 Å². The quantitative estimate of drug-likeness (QED) is 0.243. The fourth-order valence-corrected chi connectivity index (χ4v) is 2.90. The van der Waals surface area contributed by atoms with Gasteiger partial charge in [0.25, 0.3) is 0 Å². The third kappa shape index (κ3) is 8.40. The molecule has 0 radical (unpaired) electrons. The lowest BCUT2D eigenvalue weighted by Gasteiger charge is -2.04. The molecular formula is C19H29BrO. The van der Waals surface area contributed by atoms with E-state index in [1.807, 2.05) is 12.1 Å². The third-order valence-electron chi connectivity index (χ3n) is 3.97. The largest absolute Gasteiger partial charge is 0.293 e. The number of halogens is 1. The van der Waals surface area contributed by atoms with E-state index in [0.717, 1.165) is 12.0 Å². The van der Waals surface area contributed by atoms with Crippen molar-refractivity contribution in [3.05, 3.63) is 35.4 Å². The second-order valence-electron chi connectivity index (χ2n) is 5.83. The predicted molar refractivity (Wildman–Crippen MR) is 95.5 cm³/mol. The molecule has 0 aliphatic heterocycles. The Morgan fingerprint density at radius 2 is 1.38 bits per heavy atom. The van der Waals surface area contributed by atoms with Crippen molar-refractivity contribution in [2.45, 2.75) is 71.1 Å². The van der Waals surface area contributed by atoms with Gasteiger partial charge < -0.3 is 0 Å². The van der Waals surface area contributed by atoms with Gasteiger partial charge in [-0.15, -0.1) is 0 Å². The molecule has 0 fully saturated rings. The number of hydrogen-bond donors (Lipinski definition) is 0. The molecule has 0 aromatic heterocycles. The van der Waals surface area contributed by atoms with E-state index in [2.05, 4.69) is 35.0 Å². The molecule has 1 nitrogen and oxygen atoms in total. The van der Waals surface area contributed by atoms with E-state index in [9.17, 15) is 4.79 Å². The van der Waals surface area contributed by atoms with Crippen molar-refractivity contribution in [1.82, 2.24) is 0 Å². The number of unbranched alkanes of at least 4 members (excludes halogenated alkanes) is 8. The van der Waals surface area contributed by atoms with Gasteiger partial charge in [-0.1, -0.05) is 98.5 Å². The van der Waals surface area contributed by atoms with Gasteiger partial charge in [-0.2, -0.15) is 0 Å². The molecule has 1 aromatic rings. The van der Waals surface area contributed by atoms with Gasteiger partial charge in [0.15, 0.2) is 5.78 Å². The summed E-state index contributed by atoms with van der Waals surface area (Å²) in [5.41, 5.74) is 2.16. The lowest BCUT2D eigenvalue weighted by Crippen LogP contribution is -1.99. The van der Waals surface area contributed by atoms with E-state index < -0.39 is 0 Å². The Morgan fingerprint density at radius 3 is 1.90 bits per heavy atom. The van der Waals surface area contributed by atoms with Crippen LogP contribution in [0.1, 0.15) is 80.6 Å². The standard InChI is InChI=1S/C19H29BrO/c1-2-3-4-5-6-7-8-9-10-11-17-12-14-18(15-13-17)19(21)16-20/h12-15H,2-11,16H2,1H3. The summed E-state index contributed by atoms with van der Waals surface area (Å²) in [6.07, 6.45) is 13.5. The third-order valence-corrected chi connectivity index (χ3v) is 4.48. The molecule has 0 heterocycles. The molecule has 1 rings (SSSR count). The maximum absolute atomic E-state index is 11.5. The number of carbonyl (C=O) groups excluding carboxylic acids is 1. The number of ketones is 1. The second kappa shape index (κ2) is 12.0. The smallest absolute Gasteiger partial charge is 0.173 e. The van der Waals surface area contributed by atoms with Gasteiger partial charge in [0.1, 0.15) is 0 Å². The van der Waals surface area contributed by atoms with E-state index in [1.54, 1.807) is 0 Å². The van der Waals surface area contributed by atoms with E-state index in [4.69, 9.17) is 0 Å². The summed E-state index contributed by atoms with van der Waals surface area (Å²) < 4.78 is 0. The van der Waals surface area contributed by atoms with Crippen molar-refractivity contribution in [1.29, 1.82) is 0 Å². The van der Waals surface area contributed by atoms with Crippen molar-refractivity contribution >= 4 is 21.7 Å². The van der Waals surface area contributed by atoms with E-state index in [1.165, 1.54) is 63.4 Å². The SMILES string of the molecule is CCCCCCCCCCCc1ccc(C(=O)CBr)cc1. The van der Waals surface area contributed by atoms with Crippen LogP contribution in [0.25, 0.3) is 0 Å². The first kappa shape index (κ1) is 18.4. The molecule has 0 aliphatic carbocycles. The molecule has 0 saturated carbocycles. The average molecular weight is 353 g/mol. The molecular weight excluding hydrogens is 324 g/mol. The monoisotopic (exact) mass is 352 g/mol. The Morgan fingerprint density at radius 1 is 0.857 bits per heavy atom. The summed E-state index contributed by atoms with van der Waals surface area (Å²) in [5.74, 6) is 0.157. The number of benzene rings is 1. The van der Waals surface area contributed by atoms with Crippen molar-refractivity contribution in [2.24, 2.45) is 0 Å². The minimum absolute atomic E-state index is 0.157. The highest BCUT2D eigenvalue weighted by Crippen LogP contribution is 2.13. The van der Waals surface area contributed by atoms with Crippen LogP contribution < -0.4 is 0 Å². The number of Topliss-reactive ketones (excluding diaryl/α,β-unsaturated/α-hetero) is 1.